The molecule has 1 aromatic carbocycles. The first kappa shape index (κ1) is 16.3. The SMILES string of the molecule is Cc1ccc(-c2nc(Cn3c(C)nc4onc(C)c4c3=O)c(C)o2)cc1. The molecule has 0 amide bonds. The molecule has 0 saturated carbocycles. The summed E-state index contributed by atoms with van der Waals surface area (Å²) in [4.78, 5) is 21.7. The van der Waals surface area contributed by atoms with E-state index < -0.39 is 0 Å². The molecule has 0 unspecified atom stereocenters. The second kappa shape index (κ2) is 5.94. The van der Waals surface area contributed by atoms with Crippen LogP contribution >= 0.6 is 0 Å². The van der Waals surface area contributed by atoms with Gasteiger partial charge in [0.05, 0.1) is 12.2 Å². The predicted octanol–water partition coefficient (Wildman–Crippen LogP) is 3.32. The van der Waals surface area contributed by atoms with Gasteiger partial charge in [-0.3, -0.25) is 9.36 Å². The van der Waals surface area contributed by atoms with Crippen LogP contribution < -0.4 is 5.56 Å². The normalized spacial score (nSPS) is 11.4. The summed E-state index contributed by atoms with van der Waals surface area (Å²) in [5.41, 5.74) is 3.37. The fourth-order valence-corrected chi connectivity index (χ4v) is 2.90. The molecule has 7 nitrogen and oxygen atoms in total. The van der Waals surface area contributed by atoms with Crippen molar-refractivity contribution in [2.45, 2.75) is 34.2 Å². The van der Waals surface area contributed by atoms with Crippen molar-refractivity contribution in [3.63, 3.8) is 0 Å². The van der Waals surface area contributed by atoms with Gasteiger partial charge in [-0.15, -0.1) is 0 Å². The lowest BCUT2D eigenvalue weighted by Crippen LogP contribution is -2.24. The van der Waals surface area contributed by atoms with Gasteiger partial charge in [-0.2, -0.15) is 4.98 Å². The van der Waals surface area contributed by atoms with Crippen LogP contribution in [0, 0.1) is 27.7 Å². The number of aryl methyl sites for hydroxylation is 4. The number of fused-ring (bicyclic) bond motifs is 1. The second-order valence-corrected chi connectivity index (χ2v) is 6.39. The third kappa shape index (κ3) is 2.61. The van der Waals surface area contributed by atoms with Gasteiger partial charge in [0.2, 0.25) is 5.89 Å². The van der Waals surface area contributed by atoms with E-state index >= 15 is 0 Å². The molecule has 0 radical (unpaired) electrons. The van der Waals surface area contributed by atoms with Crippen LogP contribution in [-0.2, 0) is 6.54 Å². The largest absolute Gasteiger partial charge is 0.441 e. The van der Waals surface area contributed by atoms with E-state index in [2.05, 4.69) is 15.1 Å². The zero-order chi connectivity index (χ0) is 18.4. The maximum absolute atomic E-state index is 12.8. The fraction of sp³-hybridized carbons (Fsp3) is 0.263. The topological polar surface area (TPSA) is 87.0 Å². The van der Waals surface area contributed by atoms with Crippen LogP contribution in [0.4, 0.5) is 0 Å². The molecule has 7 heteroatoms. The lowest BCUT2D eigenvalue weighted by molar-refractivity contribution is 0.441. The van der Waals surface area contributed by atoms with Gasteiger partial charge in [0.1, 0.15) is 22.7 Å². The first-order valence-electron chi connectivity index (χ1n) is 8.31. The van der Waals surface area contributed by atoms with Crippen LogP contribution in [0.25, 0.3) is 22.6 Å². The van der Waals surface area contributed by atoms with Crippen molar-refractivity contribution in [2.75, 3.05) is 0 Å². The van der Waals surface area contributed by atoms with E-state index in [1.807, 2.05) is 38.1 Å². The average Bonchev–Trinajstić information content (AvgIpc) is 3.15. The summed E-state index contributed by atoms with van der Waals surface area (Å²) in [5, 5.41) is 4.23. The van der Waals surface area contributed by atoms with Gasteiger partial charge in [-0.1, -0.05) is 22.9 Å². The zero-order valence-corrected chi connectivity index (χ0v) is 15.0. The predicted molar refractivity (Wildman–Crippen MR) is 96.1 cm³/mol. The average molecular weight is 350 g/mol. The number of aromatic nitrogens is 4. The molecule has 0 fully saturated rings. The van der Waals surface area contributed by atoms with E-state index in [0.29, 0.717) is 34.2 Å². The fourth-order valence-electron chi connectivity index (χ4n) is 2.90. The molecule has 0 N–H and O–H groups in total. The monoisotopic (exact) mass is 350 g/mol. The Morgan fingerprint density at radius 3 is 2.50 bits per heavy atom. The minimum Gasteiger partial charge on any atom is -0.441 e. The minimum absolute atomic E-state index is 0.189. The molecule has 4 rings (SSSR count). The van der Waals surface area contributed by atoms with Gasteiger partial charge in [-0.25, -0.2) is 4.98 Å². The molecule has 132 valence electrons. The van der Waals surface area contributed by atoms with Crippen molar-refractivity contribution >= 4 is 11.1 Å². The van der Waals surface area contributed by atoms with Crippen molar-refractivity contribution < 1.29 is 8.94 Å². The summed E-state index contributed by atoms with van der Waals surface area (Å²) in [5.74, 6) is 1.75. The Hall–Kier alpha value is -3.22. The van der Waals surface area contributed by atoms with E-state index in [1.54, 1.807) is 18.4 Å². The van der Waals surface area contributed by atoms with E-state index in [0.717, 1.165) is 5.56 Å². The Kier molecular flexibility index (Phi) is 3.72. The van der Waals surface area contributed by atoms with Crippen LogP contribution in [0.5, 0.6) is 0 Å². The Morgan fingerprint density at radius 1 is 1.04 bits per heavy atom. The summed E-state index contributed by atoms with van der Waals surface area (Å²) in [6, 6.07) is 7.96. The molecule has 26 heavy (non-hydrogen) atoms. The lowest BCUT2D eigenvalue weighted by atomic mass is 10.1. The summed E-state index contributed by atoms with van der Waals surface area (Å²) >= 11 is 0. The molecule has 3 heterocycles. The highest BCUT2D eigenvalue weighted by Gasteiger charge is 2.18. The number of hydrogen-bond donors (Lipinski definition) is 0. The van der Waals surface area contributed by atoms with Crippen molar-refractivity contribution in [2.24, 2.45) is 0 Å². The maximum Gasteiger partial charge on any atom is 0.267 e. The molecule has 0 aliphatic carbocycles. The van der Waals surface area contributed by atoms with Crippen LogP contribution in [0.1, 0.15) is 28.5 Å². The number of rotatable bonds is 3. The number of oxazole rings is 1. The summed E-state index contributed by atoms with van der Waals surface area (Å²) in [6.07, 6.45) is 0. The van der Waals surface area contributed by atoms with E-state index in [4.69, 9.17) is 8.94 Å². The minimum atomic E-state index is -0.189. The highest BCUT2D eigenvalue weighted by Crippen LogP contribution is 2.23. The van der Waals surface area contributed by atoms with Gasteiger partial charge in [0.25, 0.3) is 11.3 Å². The highest BCUT2D eigenvalue weighted by atomic mass is 16.5. The first-order chi connectivity index (χ1) is 12.4. The molecular formula is C19H18N4O3. The summed E-state index contributed by atoms with van der Waals surface area (Å²) < 4.78 is 12.5. The van der Waals surface area contributed by atoms with Crippen molar-refractivity contribution in [1.29, 1.82) is 0 Å². The Bertz CT molecular complexity index is 1170. The van der Waals surface area contributed by atoms with Gasteiger partial charge in [0, 0.05) is 5.56 Å². The van der Waals surface area contributed by atoms with Crippen molar-refractivity contribution in [1.82, 2.24) is 19.7 Å². The molecule has 0 bridgehead atoms. The molecule has 0 saturated heterocycles. The number of hydrogen-bond acceptors (Lipinski definition) is 6. The quantitative estimate of drug-likeness (QED) is 0.563. The van der Waals surface area contributed by atoms with Crippen LogP contribution in [0.15, 0.2) is 38.0 Å². The smallest absolute Gasteiger partial charge is 0.267 e. The molecule has 3 aromatic heterocycles. The third-order valence-electron chi connectivity index (χ3n) is 4.46. The van der Waals surface area contributed by atoms with E-state index in [1.165, 1.54) is 5.56 Å². The molecule has 4 aromatic rings. The first-order valence-corrected chi connectivity index (χ1v) is 8.31. The van der Waals surface area contributed by atoms with Gasteiger partial charge in [-0.05, 0) is 39.8 Å². The molecular weight excluding hydrogens is 332 g/mol. The van der Waals surface area contributed by atoms with Crippen LogP contribution in [0.2, 0.25) is 0 Å². The highest BCUT2D eigenvalue weighted by molar-refractivity contribution is 5.74. The molecule has 0 atom stereocenters. The standard InChI is InChI=1S/C19H18N4O3/c1-10-5-7-14(8-6-10)17-21-15(12(3)25-17)9-23-13(4)20-18-16(19(23)24)11(2)22-26-18/h5-8H,9H2,1-4H3. The summed E-state index contributed by atoms with van der Waals surface area (Å²) in [7, 11) is 0. The third-order valence-corrected chi connectivity index (χ3v) is 4.46. The van der Waals surface area contributed by atoms with Crippen LogP contribution in [0.3, 0.4) is 0 Å². The van der Waals surface area contributed by atoms with Crippen LogP contribution in [-0.4, -0.2) is 19.7 Å². The van der Waals surface area contributed by atoms with Gasteiger partial charge in [0.15, 0.2) is 0 Å². The van der Waals surface area contributed by atoms with Gasteiger partial charge < -0.3 is 8.94 Å². The maximum atomic E-state index is 12.8. The summed E-state index contributed by atoms with van der Waals surface area (Å²) in [6.45, 7) is 7.64. The van der Waals surface area contributed by atoms with Crippen molar-refractivity contribution in [3.05, 3.63) is 63.2 Å². The molecule has 0 aliphatic rings. The Balaban J connectivity index is 1.76. The van der Waals surface area contributed by atoms with E-state index in [-0.39, 0.29) is 17.8 Å². The number of nitrogens with zero attached hydrogens (tertiary/aromatic N) is 4. The zero-order valence-electron chi connectivity index (χ0n) is 15.0. The number of benzene rings is 1. The van der Waals surface area contributed by atoms with E-state index in [9.17, 15) is 4.79 Å². The van der Waals surface area contributed by atoms with Crippen molar-refractivity contribution in [3.8, 4) is 11.5 Å². The van der Waals surface area contributed by atoms with Gasteiger partial charge >= 0.3 is 0 Å². The Labute approximate surface area is 149 Å². The lowest BCUT2D eigenvalue weighted by Gasteiger charge is -2.07. The second-order valence-electron chi connectivity index (χ2n) is 6.39. The Morgan fingerprint density at radius 2 is 1.77 bits per heavy atom. The molecule has 0 aliphatic heterocycles. The molecule has 0 spiro atoms.